The van der Waals surface area contributed by atoms with Gasteiger partial charge in [0.2, 0.25) is 5.91 Å². The van der Waals surface area contributed by atoms with Gasteiger partial charge in [0, 0.05) is 31.6 Å². The lowest BCUT2D eigenvalue weighted by molar-refractivity contribution is -0.128. The van der Waals surface area contributed by atoms with Gasteiger partial charge in [-0.25, -0.2) is 0 Å². The van der Waals surface area contributed by atoms with E-state index in [0.717, 1.165) is 0 Å². The second-order valence-corrected chi connectivity index (χ2v) is 7.19. The maximum Gasteiger partial charge on any atom is 0.227 e. The number of nitrogens with one attached hydrogen (secondary N) is 3. The molecule has 0 atom stereocenters. The smallest absolute Gasteiger partial charge is 0.227 e. The molecule has 0 fully saturated rings. The van der Waals surface area contributed by atoms with Crippen molar-refractivity contribution in [2.24, 2.45) is 10.4 Å². The molecule has 1 aromatic rings. The number of rotatable bonds is 7. The van der Waals surface area contributed by atoms with Crippen LogP contribution in [0.5, 0.6) is 0 Å². The molecule has 0 radical (unpaired) electrons. The van der Waals surface area contributed by atoms with Crippen molar-refractivity contribution in [3.05, 3.63) is 29.3 Å². The SMILES string of the molecule is CCNC(=O)C(C)(C)CNC(=NC)NCc1ccc(C)cc1SC. The molecule has 24 heavy (non-hydrogen) atoms. The van der Waals surface area contributed by atoms with E-state index in [0.29, 0.717) is 25.6 Å². The summed E-state index contributed by atoms with van der Waals surface area (Å²) in [5.74, 6) is 0.733. The Bertz CT molecular complexity index is 584. The largest absolute Gasteiger partial charge is 0.356 e. The number of carbonyl (C=O) groups excluding carboxylic acids is 1. The standard InChI is InChI=1S/C18H30N4OS/c1-7-20-16(23)18(3,4)12-22-17(19-5)21-11-14-9-8-13(2)10-15(14)24-6/h8-10H,7,11-12H2,1-6H3,(H,20,23)(H2,19,21,22). The van der Waals surface area contributed by atoms with Gasteiger partial charge in [0.15, 0.2) is 5.96 Å². The van der Waals surface area contributed by atoms with Gasteiger partial charge in [-0.15, -0.1) is 11.8 Å². The molecule has 0 aliphatic rings. The first-order valence-corrected chi connectivity index (χ1v) is 9.42. The van der Waals surface area contributed by atoms with Crippen LogP contribution in [0.1, 0.15) is 31.9 Å². The van der Waals surface area contributed by atoms with Crippen molar-refractivity contribution in [1.29, 1.82) is 0 Å². The summed E-state index contributed by atoms with van der Waals surface area (Å²) in [4.78, 5) is 17.6. The summed E-state index contributed by atoms with van der Waals surface area (Å²) < 4.78 is 0. The highest BCUT2D eigenvalue weighted by atomic mass is 32.2. The number of thioether (sulfide) groups is 1. The molecule has 0 heterocycles. The molecule has 134 valence electrons. The summed E-state index contributed by atoms with van der Waals surface area (Å²) in [6.07, 6.45) is 2.08. The Hall–Kier alpha value is -1.69. The van der Waals surface area contributed by atoms with Gasteiger partial charge in [0.1, 0.15) is 0 Å². The molecule has 1 aromatic carbocycles. The van der Waals surface area contributed by atoms with Gasteiger partial charge in [-0.2, -0.15) is 0 Å². The van der Waals surface area contributed by atoms with Crippen molar-refractivity contribution in [3.63, 3.8) is 0 Å². The van der Waals surface area contributed by atoms with Gasteiger partial charge < -0.3 is 16.0 Å². The molecule has 0 bridgehead atoms. The molecule has 0 saturated heterocycles. The fourth-order valence-corrected chi connectivity index (χ4v) is 2.89. The van der Waals surface area contributed by atoms with E-state index < -0.39 is 5.41 Å². The number of benzene rings is 1. The van der Waals surface area contributed by atoms with E-state index in [2.05, 4.69) is 52.3 Å². The van der Waals surface area contributed by atoms with E-state index in [9.17, 15) is 4.79 Å². The average Bonchev–Trinajstić information content (AvgIpc) is 2.56. The van der Waals surface area contributed by atoms with E-state index in [4.69, 9.17) is 0 Å². The van der Waals surface area contributed by atoms with Crippen LogP contribution in [0.15, 0.2) is 28.1 Å². The van der Waals surface area contributed by atoms with Crippen LogP contribution < -0.4 is 16.0 Å². The predicted octanol–water partition coefficient (Wildman–Crippen LogP) is 2.54. The molecule has 0 aromatic heterocycles. The quantitative estimate of drug-likeness (QED) is 0.402. The maximum atomic E-state index is 12.0. The average molecular weight is 351 g/mol. The van der Waals surface area contributed by atoms with Crippen LogP contribution in [0.3, 0.4) is 0 Å². The topological polar surface area (TPSA) is 65.5 Å². The second-order valence-electron chi connectivity index (χ2n) is 6.34. The van der Waals surface area contributed by atoms with E-state index in [1.165, 1.54) is 16.0 Å². The summed E-state index contributed by atoms with van der Waals surface area (Å²) in [5.41, 5.74) is 2.00. The highest BCUT2D eigenvalue weighted by Gasteiger charge is 2.27. The first kappa shape index (κ1) is 20.4. The number of carbonyl (C=O) groups is 1. The third-order valence-corrected chi connectivity index (χ3v) is 4.58. The fourth-order valence-electron chi connectivity index (χ4n) is 2.18. The van der Waals surface area contributed by atoms with Gasteiger partial charge in [0.05, 0.1) is 5.41 Å². The number of amides is 1. The summed E-state index contributed by atoms with van der Waals surface area (Å²) in [6, 6.07) is 6.45. The van der Waals surface area contributed by atoms with Crippen molar-refractivity contribution >= 4 is 23.6 Å². The number of aliphatic imine (C=N–C) groups is 1. The van der Waals surface area contributed by atoms with E-state index in [1.54, 1.807) is 18.8 Å². The lowest BCUT2D eigenvalue weighted by atomic mass is 9.92. The zero-order valence-corrected chi connectivity index (χ0v) is 16.4. The predicted molar refractivity (Wildman–Crippen MR) is 104 cm³/mol. The highest BCUT2D eigenvalue weighted by Crippen LogP contribution is 2.21. The van der Waals surface area contributed by atoms with Crippen LogP contribution in [-0.4, -0.2) is 38.3 Å². The van der Waals surface area contributed by atoms with Crippen LogP contribution in [0.2, 0.25) is 0 Å². The third kappa shape index (κ3) is 6.07. The molecule has 0 aliphatic carbocycles. The zero-order chi connectivity index (χ0) is 18.2. The summed E-state index contributed by atoms with van der Waals surface area (Å²) >= 11 is 1.74. The second kappa shape index (κ2) is 9.57. The minimum absolute atomic E-state index is 0.0381. The third-order valence-electron chi connectivity index (χ3n) is 3.76. The lowest BCUT2D eigenvalue weighted by Gasteiger charge is -2.25. The van der Waals surface area contributed by atoms with Crippen LogP contribution >= 0.6 is 11.8 Å². The number of guanidine groups is 1. The molecule has 5 nitrogen and oxygen atoms in total. The summed E-state index contributed by atoms with van der Waals surface area (Å²) in [6.45, 7) is 9.71. The highest BCUT2D eigenvalue weighted by molar-refractivity contribution is 7.98. The Balaban J connectivity index is 2.62. The van der Waals surface area contributed by atoms with Gasteiger partial charge in [-0.05, 0) is 51.1 Å². The molecule has 0 spiro atoms. The number of aryl methyl sites for hydroxylation is 1. The van der Waals surface area contributed by atoms with Gasteiger partial charge in [-0.1, -0.05) is 12.1 Å². The number of nitrogens with zero attached hydrogens (tertiary/aromatic N) is 1. The number of hydrogen-bond donors (Lipinski definition) is 3. The van der Waals surface area contributed by atoms with Crippen molar-refractivity contribution in [2.45, 2.75) is 39.1 Å². The molecule has 0 saturated carbocycles. The van der Waals surface area contributed by atoms with E-state index >= 15 is 0 Å². The number of hydrogen-bond acceptors (Lipinski definition) is 3. The molecule has 1 amide bonds. The van der Waals surface area contributed by atoms with Crippen molar-refractivity contribution in [1.82, 2.24) is 16.0 Å². The Kier molecular flexibility index (Phi) is 8.11. The van der Waals surface area contributed by atoms with Crippen molar-refractivity contribution in [3.8, 4) is 0 Å². The Morgan fingerprint density at radius 2 is 1.96 bits per heavy atom. The molecule has 0 unspecified atom stereocenters. The lowest BCUT2D eigenvalue weighted by Crippen LogP contribution is -2.47. The minimum atomic E-state index is -0.498. The van der Waals surface area contributed by atoms with Gasteiger partial charge >= 0.3 is 0 Å². The van der Waals surface area contributed by atoms with E-state index in [-0.39, 0.29) is 5.91 Å². The molecular formula is C18H30N4OS. The maximum absolute atomic E-state index is 12.0. The van der Waals surface area contributed by atoms with Gasteiger partial charge in [0.25, 0.3) is 0 Å². The van der Waals surface area contributed by atoms with E-state index in [1.807, 2.05) is 20.8 Å². The molecule has 6 heteroatoms. The zero-order valence-electron chi connectivity index (χ0n) is 15.6. The van der Waals surface area contributed by atoms with Crippen LogP contribution in [0, 0.1) is 12.3 Å². The molecular weight excluding hydrogens is 320 g/mol. The molecule has 0 aliphatic heterocycles. The summed E-state index contributed by atoms with van der Waals surface area (Å²) in [5, 5.41) is 9.42. The Labute approximate surface area is 150 Å². The Morgan fingerprint density at radius 3 is 2.54 bits per heavy atom. The monoisotopic (exact) mass is 350 g/mol. The minimum Gasteiger partial charge on any atom is -0.356 e. The van der Waals surface area contributed by atoms with Crippen molar-refractivity contribution < 1.29 is 4.79 Å². The van der Waals surface area contributed by atoms with Crippen LogP contribution in [0.4, 0.5) is 0 Å². The van der Waals surface area contributed by atoms with Gasteiger partial charge in [-0.3, -0.25) is 9.79 Å². The first-order chi connectivity index (χ1) is 11.3. The molecule has 1 rings (SSSR count). The fraction of sp³-hybridized carbons (Fsp3) is 0.556. The first-order valence-electron chi connectivity index (χ1n) is 8.20. The van der Waals surface area contributed by atoms with Crippen LogP contribution in [0.25, 0.3) is 0 Å². The normalized spacial score (nSPS) is 12.0. The molecule has 3 N–H and O–H groups in total. The Morgan fingerprint density at radius 1 is 1.25 bits per heavy atom. The summed E-state index contributed by atoms with van der Waals surface area (Å²) in [7, 11) is 1.74. The van der Waals surface area contributed by atoms with Crippen LogP contribution in [-0.2, 0) is 11.3 Å². The van der Waals surface area contributed by atoms with Crippen molar-refractivity contribution in [2.75, 3.05) is 26.4 Å².